The van der Waals surface area contributed by atoms with E-state index in [0.717, 1.165) is 22.5 Å². The number of aliphatic hydroxyl groups excluding tert-OH is 1. The monoisotopic (exact) mass is 603 g/mol. The highest BCUT2D eigenvalue weighted by Crippen LogP contribution is 2.45. The van der Waals surface area contributed by atoms with Crippen LogP contribution in [0.4, 0.5) is 9.52 Å². The van der Waals surface area contributed by atoms with E-state index in [4.69, 9.17) is 9.47 Å². The number of nitrogens with zero attached hydrogens (tertiary/aromatic N) is 3. The third-order valence-corrected chi connectivity index (χ3v) is 8.51. The molecule has 0 bridgehead atoms. The molecule has 214 valence electrons. The fraction of sp³-hybridized carbons (Fsp3) is 0.161. The summed E-state index contributed by atoms with van der Waals surface area (Å²) < 4.78 is 25.0. The molecule has 0 saturated heterocycles. The maximum Gasteiger partial charge on any atom is 0.296 e. The maximum atomic E-state index is 13.5. The number of aliphatic hydroxyl groups is 1. The number of hydrogen-bond acceptors (Lipinski definition) is 9. The SMILES string of the molecule is CCOc1ccc(C2C(C(=O)C=Cc3ccccc3)=C(O)C(=O)N2c2nnc(SCc3ccc(F)cc3)s2)cc1OC. The average molecular weight is 604 g/mol. The average Bonchev–Trinajstić information content (AvgIpc) is 3.58. The zero-order valence-corrected chi connectivity index (χ0v) is 24.3. The molecule has 1 atom stereocenters. The van der Waals surface area contributed by atoms with Crippen LogP contribution in [0.15, 0.2) is 94.5 Å². The lowest BCUT2D eigenvalue weighted by Crippen LogP contribution is -2.30. The molecule has 3 aromatic carbocycles. The fourth-order valence-electron chi connectivity index (χ4n) is 4.41. The third-order valence-electron chi connectivity index (χ3n) is 6.38. The van der Waals surface area contributed by atoms with Gasteiger partial charge in [0.05, 0.1) is 25.3 Å². The molecule has 1 unspecified atom stereocenters. The molecule has 0 radical (unpaired) electrons. The predicted molar refractivity (Wildman–Crippen MR) is 160 cm³/mol. The van der Waals surface area contributed by atoms with Crippen molar-refractivity contribution < 1.29 is 28.6 Å². The second kappa shape index (κ2) is 13.0. The number of hydrogen-bond donors (Lipinski definition) is 1. The van der Waals surface area contributed by atoms with Crippen molar-refractivity contribution in [1.82, 2.24) is 10.2 Å². The van der Waals surface area contributed by atoms with Gasteiger partial charge >= 0.3 is 0 Å². The molecule has 1 amide bonds. The summed E-state index contributed by atoms with van der Waals surface area (Å²) in [7, 11) is 1.50. The maximum absolute atomic E-state index is 13.5. The van der Waals surface area contributed by atoms with E-state index in [2.05, 4.69) is 10.2 Å². The molecule has 1 aliphatic rings. The lowest BCUT2D eigenvalue weighted by molar-refractivity contribution is -0.117. The highest BCUT2D eigenvalue weighted by atomic mass is 32.2. The van der Waals surface area contributed by atoms with Gasteiger partial charge < -0.3 is 14.6 Å². The first-order valence-corrected chi connectivity index (χ1v) is 14.8. The van der Waals surface area contributed by atoms with Gasteiger partial charge in [-0.15, -0.1) is 10.2 Å². The number of benzene rings is 3. The first-order chi connectivity index (χ1) is 20.4. The fourth-order valence-corrected chi connectivity index (χ4v) is 6.23. The van der Waals surface area contributed by atoms with Gasteiger partial charge in [-0.25, -0.2) is 4.39 Å². The van der Waals surface area contributed by atoms with Gasteiger partial charge in [0.25, 0.3) is 5.91 Å². The number of methoxy groups -OCH3 is 1. The van der Waals surface area contributed by atoms with Crippen LogP contribution in [0.25, 0.3) is 6.08 Å². The topological polar surface area (TPSA) is 102 Å². The molecule has 1 N–H and O–H groups in total. The van der Waals surface area contributed by atoms with Crippen molar-refractivity contribution in [2.24, 2.45) is 0 Å². The second-order valence-electron chi connectivity index (χ2n) is 9.06. The number of aromatic nitrogens is 2. The van der Waals surface area contributed by atoms with Crippen molar-refractivity contribution in [2.45, 2.75) is 23.1 Å². The molecule has 8 nitrogen and oxygen atoms in total. The molecule has 0 spiro atoms. The third kappa shape index (κ3) is 6.22. The van der Waals surface area contributed by atoms with Crippen molar-refractivity contribution in [2.75, 3.05) is 18.6 Å². The second-order valence-corrected chi connectivity index (χ2v) is 11.2. The van der Waals surface area contributed by atoms with Crippen LogP contribution in [-0.4, -0.2) is 40.7 Å². The number of ether oxygens (including phenoxy) is 2. The Morgan fingerprint density at radius 1 is 1.10 bits per heavy atom. The number of carbonyl (C=O) groups excluding carboxylic acids is 2. The largest absolute Gasteiger partial charge is 0.503 e. The first kappa shape index (κ1) is 29.0. The molecule has 2 heterocycles. The Hall–Kier alpha value is -4.48. The van der Waals surface area contributed by atoms with E-state index in [9.17, 15) is 19.1 Å². The van der Waals surface area contributed by atoms with Gasteiger partial charge in [0, 0.05) is 5.75 Å². The summed E-state index contributed by atoms with van der Waals surface area (Å²) in [6.07, 6.45) is 2.96. The van der Waals surface area contributed by atoms with Crippen molar-refractivity contribution in [1.29, 1.82) is 0 Å². The Morgan fingerprint density at radius 3 is 2.57 bits per heavy atom. The zero-order chi connectivity index (χ0) is 29.6. The predicted octanol–water partition coefficient (Wildman–Crippen LogP) is 6.56. The molecule has 4 aromatic rings. The molecule has 0 fully saturated rings. The van der Waals surface area contributed by atoms with Crippen molar-refractivity contribution in [3.63, 3.8) is 0 Å². The Labute approximate surface area is 250 Å². The Bertz CT molecular complexity index is 1650. The molecule has 0 saturated carbocycles. The smallest absolute Gasteiger partial charge is 0.296 e. The minimum absolute atomic E-state index is 0.0888. The van der Waals surface area contributed by atoms with E-state index in [0.29, 0.717) is 33.8 Å². The Balaban J connectivity index is 1.50. The van der Waals surface area contributed by atoms with Crippen LogP contribution in [-0.2, 0) is 15.3 Å². The van der Waals surface area contributed by atoms with Crippen LogP contribution in [0.3, 0.4) is 0 Å². The number of carbonyl (C=O) groups is 2. The summed E-state index contributed by atoms with van der Waals surface area (Å²) in [5.74, 6) is -0.849. The van der Waals surface area contributed by atoms with E-state index < -0.39 is 23.5 Å². The van der Waals surface area contributed by atoms with Gasteiger partial charge in [-0.1, -0.05) is 77.7 Å². The molecule has 5 rings (SSSR count). The van der Waals surface area contributed by atoms with Crippen LogP contribution in [0, 0.1) is 5.82 Å². The highest BCUT2D eigenvalue weighted by Gasteiger charge is 2.45. The first-order valence-electron chi connectivity index (χ1n) is 12.9. The number of allylic oxidation sites excluding steroid dienone is 1. The summed E-state index contributed by atoms with van der Waals surface area (Å²) in [5.41, 5.74) is 2.11. The zero-order valence-electron chi connectivity index (χ0n) is 22.7. The van der Waals surface area contributed by atoms with E-state index >= 15 is 0 Å². The highest BCUT2D eigenvalue weighted by molar-refractivity contribution is 8.00. The Morgan fingerprint density at radius 2 is 1.86 bits per heavy atom. The number of halogens is 1. The standard InChI is InChI=1S/C31H26FN3O5S2/c1-3-40-24-16-12-21(17-25(24)39-2)27-26(23(36)15-11-19-7-5-4-6-8-19)28(37)29(38)35(27)30-33-34-31(42-30)41-18-20-9-13-22(32)14-10-20/h4-17,27,37H,3,18H2,1-2H3. The van der Waals surface area contributed by atoms with Crippen LogP contribution in [0.1, 0.15) is 29.7 Å². The van der Waals surface area contributed by atoms with Crippen LogP contribution < -0.4 is 14.4 Å². The number of thioether (sulfide) groups is 1. The van der Waals surface area contributed by atoms with E-state index in [-0.39, 0.29) is 16.5 Å². The summed E-state index contributed by atoms with van der Waals surface area (Å²) >= 11 is 2.53. The number of anilines is 1. The molecular weight excluding hydrogens is 577 g/mol. The molecule has 42 heavy (non-hydrogen) atoms. The summed E-state index contributed by atoms with van der Waals surface area (Å²) in [5, 5.41) is 19.7. The van der Waals surface area contributed by atoms with E-state index in [1.165, 1.54) is 42.0 Å². The van der Waals surface area contributed by atoms with Crippen molar-refractivity contribution >= 4 is 46.0 Å². The molecule has 11 heteroatoms. The molecule has 0 aliphatic carbocycles. The number of amides is 1. The minimum atomic E-state index is -1.00. The van der Waals surface area contributed by atoms with E-state index in [1.807, 2.05) is 37.3 Å². The van der Waals surface area contributed by atoms with Crippen LogP contribution in [0.2, 0.25) is 0 Å². The van der Waals surface area contributed by atoms with Gasteiger partial charge in [-0.05, 0) is 54.0 Å². The van der Waals surface area contributed by atoms with E-state index in [1.54, 1.807) is 36.4 Å². The van der Waals surface area contributed by atoms with Gasteiger partial charge in [-0.3, -0.25) is 14.5 Å². The lowest BCUT2D eigenvalue weighted by Gasteiger charge is -2.24. The van der Waals surface area contributed by atoms with Crippen molar-refractivity contribution in [3.8, 4) is 11.5 Å². The molecular formula is C31H26FN3O5S2. The van der Waals surface area contributed by atoms with Crippen LogP contribution in [0.5, 0.6) is 11.5 Å². The van der Waals surface area contributed by atoms with Gasteiger partial charge in [0.1, 0.15) is 5.82 Å². The molecule has 1 aromatic heterocycles. The number of ketones is 1. The quantitative estimate of drug-likeness (QED) is 0.117. The van der Waals surface area contributed by atoms with Crippen molar-refractivity contribution in [3.05, 3.63) is 113 Å². The molecule has 1 aliphatic heterocycles. The normalized spacial score (nSPS) is 15.1. The van der Waals surface area contributed by atoms with Gasteiger partial charge in [-0.2, -0.15) is 0 Å². The number of rotatable bonds is 11. The lowest BCUT2D eigenvalue weighted by atomic mass is 9.95. The summed E-state index contributed by atoms with van der Waals surface area (Å²) in [6.45, 7) is 2.27. The Kier molecular flexibility index (Phi) is 8.99. The summed E-state index contributed by atoms with van der Waals surface area (Å²) in [4.78, 5) is 28.3. The van der Waals surface area contributed by atoms with Gasteiger partial charge in [0.2, 0.25) is 5.13 Å². The summed E-state index contributed by atoms with van der Waals surface area (Å²) in [6, 6.07) is 19.5. The van der Waals surface area contributed by atoms with Gasteiger partial charge in [0.15, 0.2) is 27.4 Å². The van der Waals surface area contributed by atoms with Crippen LogP contribution >= 0.6 is 23.1 Å². The minimum Gasteiger partial charge on any atom is -0.503 e.